The largest absolute Gasteiger partial charge is 0.508 e. The van der Waals surface area contributed by atoms with E-state index in [0.29, 0.717) is 5.69 Å². The van der Waals surface area contributed by atoms with Crippen molar-refractivity contribution < 1.29 is 24.5 Å². The third-order valence-electron chi connectivity index (χ3n) is 2.86. The number of esters is 1. The van der Waals surface area contributed by atoms with Gasteiger partial charge in [0.2, 0.25) is 0 Å². The van der Waals surface area contributed by atoms with E-state index in [1.165, 1.54) is 18.2 Å². The fourth-order valence-electron chi connectivity index (χ4n) is 1.78. The van der Waals surface area contributed by atoms with Gasteiger partial charge >= 0.3 is 5.97 Å². The number of nitrogens with zero attached hydrogens (tertiary/aromatic N) is 1. The van der Waals surface area contributed by atoms with E-state index < -0.39 is 24.2 Å². The number of phenols is 2. The first-order valence-corrected chi connectivity index (χ1v) is 6.49. The van der Waals surface area contributed by atoms with Crippen LogP contribution in [-0.2, 0) is 9.53 Å². The number of carbonyl (C=O) groups is 2. The number of nitrogens with one attached hydrogen (secondary N) is 1. The summed E-state index contributed by atoms with van der Waals surface area (Å²) < 4.78 is 4.78. The first-order valence-electron chi connectivity index (χ1n) is 6.49. The second kappa shape index (κ2) is 6.95. The Balaban J connectivity index is 1.96. The second-order valence-corrected chi connectivity index (χ2v) is 4.48. The van der Waals surface area contributed by atoms with Crippen molar-refractivity contribution >= 4 is 17.6 Å². The van der Waals surface area contributed by atoms with Crippen LogP contribution in [0, 0.1) is 11.3 Å². The molecule has 23 heavy (non-hydrogen) atoms. The third kappa shape index (κ3) is 3.98. The van der Waals surface area contributed by atoms with Gasteiger partial charge in [0.25, 0.3) is 5.91 Å². The SMILES string of the molecule is N#Cc1ccccc1NC(=O)COC(=O)c1ccc(O)cc1O. The molecule has 0 atom stereocenters. The highest BCUT2D eigenvalue weighted by Crippen LogP contribution is 2.23. The molecule has 0 bridgehead atoms. The van der Waals surface area contributed by atoms with Crippen molar-refractivity contribution in [1.82, 2.24) is 0 Å². The molecule has 0 fully saturated rings. The van der Waals surface area contributed by atoms with Crippen LogP contribution in [0.15, 0.2) is 42.5 Å². The van der Waals surface area contributed by atoms with Gasteiger partial charge < -0.3 is 20.3 Å². The molecule has 0 saturated carbocycles. The van der Waals surface area contributed by atoms with E-state index in [-0.39, 0.29) is 16.9 Å². The molecule has 0 aliphatic rings. The zero-order chi connectivity index (χ0) is 16.8. The predicted molar refractivity (Wildman–Crippen MR) is 79.8 cm³/mol. The van der Waals surface area contributed by atoms with E-state index in [0.717, 1.165) is 6.07 Å². The summed E-state index contributed by atoms with van der Waals surface area (Å²) in [5.41, 5.74) is 0.417. The van der Waals surface area contributed by atoms with Crippen molar-refractivity contribution in [2.75, 3.05) is 11.9 Å². The number of anilines is 1. The van der Waals surface area contributed by atoms with Crippen LogP contribution in [0.3, 0.4) is 0 Å². The Bertz CT molecular complexity index is 795. The Labute approximate surface area is 131 Å². The van der Waals surface area contributed by atoms with Gasteiger partial charge in [0.1, 0.15) is 23.1 Å². The van der Waals surface area contributed by atoms with Crippen LogP contribution in [0.2, 0.25) is 0 Å². The number of rotatable bonds is 4. The summed E-state index contributed by atoms with van der Waals surface area (Å²) in [6.45, 7) is -0.584. The monoisotopic (exact) mass is 312 g/mol. The smallest absolute Gasteiger partial charge is 0.342 e. The molecule has 0 aromatic heterocycles. The maximum atomic E-state index is 11.8. The molecule has 7 heteroatoms. The zero-order valence-corrected chi connectivity index (χ0v) is 11.8. The molecule has 2 aromatic carbocycles. The van der Waals surface area contributed by atoms with Crippen LogP contribution in [0.4, 0.5) is 5.69 Å². The Morgan fingerprint density at radius 1 is 1.17 bits per heavy atom. The van der Waals surface area contributed by atoms with Gasteiger partial charge in [-0.1, -0.05) is 12.1 Å². The van der Waals surface area contributed by atoms with Crippen LogP contribution in [0.5, 0.6) is 11.5 Å². The van der Waals surface area contributed by atoms with E-state index in [2.05, 4.69) is 5.32 Å². The van der Waals surface area contributed by atoms with Gasteiger partial charge in [0.15, 0.2) is 6.61 Å². The summed E-state index contributed by atoms with van der Waals surface area (Å²) in [6.07, 6.45) is 0. The molecule has 0 aliphatic carbocycles. The lowest BCUT2D eigenvalue weighted by Gasteiger charge is -2.08. The minimum Gasteiger partial charge on any atom is -0.508 e. The topological polar surface area (TPSA) is 120 Å². The number of benzene rings is 2. The van der Waals surface area contributed by atoms with Gasteiger partial charge in [-0.15, -0.1) is 0 Å². The van der Waals surface area contributed by atoms with Crippen LogP contribution in [-0.4, -0.2) is 28.7 Å². The standard InChI is InChI=1S/C16H12N2O5/c17-8-10-3-1-2-4-13(10)18-15(21)9-23-16(22)12-6-5-11(19)7-14(12)20/h1-7,19-20H,9H2,(H,18,21). The van der Waals surface area contributed by atoms with E-state index in [9.17, 15) is 14.7 Å². The number of para-hydroxylation sites is 1. The number of hydrogen-bond acceptors (Lipinski definition) is 6. The lowest BCUT2D eigenvalue weighted by Crippen LogP contribution is -2.21. The molecule has 0 spiro atoms. The third-order valence-corrected chi connectivity index (χ3v) is 2.86. The molecular formula is C16H12N2O5. The van der Waals surface area contributed by atoms with E-state index in [1.54, 1.807) is 18.2 Å². The number of ether oxygens (including phenoxy) is 1. The number of hydrogen-bond donors (Lipinski definition) is 3. The Morgan fingerprint density at radius 3 is 2.61 bits per heavy atom. The second-order valence-electron chi connectivity index (χ2n) is 4.48. The van der Waals surface area contributed by atoms with Crippen molar-refractivity contribution in [3.63, 3.8) is 0 Å². The molecule has 0 unspecified atom stereocenters. The summed E-state index contributed by atoms with van der Waals surface area (Å²) in [4.78, 5) is 23.5. The quantitative estimate of drug-likeness (QED) is 0.740. The van der Waals surface area contributed by atoms with Crippen molar-refractivity contribution in [2.45, 2.75) is 0 Å². The van der Waals surface area contributed by atoms with Crippen molar-refractivity contribution in [1.29, 1.82) is 5.26 Å². The Morgan fingerprint density at radius 2 is 1.91 bits per heavy atom. The summed E-state index contributed by atoms with van der Waals surface area (Å²) in [5, 5.41) is 30.0. The van der Waals surface area contributed by atoms with Crippen LogP contribution >= 0.6 is 0 Å². The van der Waals surface area contributed by atoms with Crippen LogP contribution in [0.25, 0.3) is 0 Å². The molecular weight excluding hydrogens is 300 g/mol. The summed E-state index contributed by atoms with van der Waals surface area (Å²) in [7, 11) is 0. The average Bonchev–Trinajstić information content (AvgIpc) is 2.53. The lowest BCUT2D eigenvalue weighted by molar-refractivity contribution is -0.119. The van der Waals surface area contributed by atoms with Gasteiger partial charge in [-0.25, -0.2) is 4.79 Å². The number of phenolic OH excluding ortho intramolecular Hbond substituents is 2. The highest BCUT2D eigenvalue weighted by Gasteiger charge is 2.15. The average molecular weight is 312 g/mol. The van der Waals surface area contributed by atoms with E-state index >= 15 is 0 Å². The van der Waals surface area contributed by atoms with Gasteiger partial charge in [-0.2, -0.15) is 5.26 Å². The molecule has 116 valence electrons. The number of carbonyl (C=O) groups excluding carboxylic acids is 2. The van der Waals surface area contributed by atoms with E-state index in [4.69, 9.17) is 15.1 Å². The van der Waals surface area contributed by atoms with Gasteiger partial charge in [0.05, 0.1) is 11.3 Å². The number of aromatic hydroxyl groups is 2. The zero-order valence-electron chi connectivity index (χ0n) is 11.8. The Hall–Kier alpha value is -3.53. The highest BCUT2D eigenvalue weighted by molar-refractivity contribution is 5.97. The molecule has 7 nitrogen and oxygen atoms in total. The molecule has 1 amide bonds. The van der Waals surface area contributed by atoms with Crippen LogP contribution < -0.4 is 5.32 Å². The molecule has 2 rings (SSSR count). The summed E-state index contributed by atoms with van der Waals surface area (Å²) in [6, 6.07) is 11.7. The van der Waals surface area contributed by atoms with Gasteiger partial charge in [-0.3, -0.25) is 4.79 Å². The highest BCUT2D eigenvalue weighted by atomic mass is 16.5. The molecule has 0 aliphatic heterocycles. The van der Waals surface area contributed by atoms with E-state index in [1.807, 2.05) is 6.07 Å². The molecule has 0 radical (unpaired) electrons. The summed E-state index contributed by atoms with van der Waals surface area (Å²) in [5.74, 6) is -2.19. The van der Waals surface area contributed by atoms with Crippen molar-refractivity contribution in [2.24, 2.45) is 0 Å². The molecule has 2 aromatic rings. The maximum Gasteiger partial charge on any atom is 0.342 e. The fraction of sp³-hybridized carbons (Fsp3) is 0.0625. The maximum absolute atomic E-state index is 11.8. The first-order chi connectivity index (χ1) is 11.0. The van der Waals surface area contributed by atoms with Gasteiger partial charge in [-0.05, 0) is 24.3 Å². The lowest BCUT2D eigenvalue weighted by atomic mass is 10.2. The van der Waals surface area contributed by atoms with Crippen LogP contribution in [0.1, 0.15) is 15.9 Å². The fourth-order valence-corrected chi connectivity index (χ4v) is 1.78. The molecule has 3 N–H and O–H groups in total. The Kier molecular flexibility index (Phi) is 4.79. The molecule has 0 heterocycles. The van der Waals surface area contributed by atoms with Crippen molar-refractivity contribution in [3.8, 4) is 17.6 Å². The molecule has 0 saturated heterocycles. The van der Waals surface area contributed by atoms with Gasteiger partial charge in [0, 0.05) is 6.07 Å². The number of nitriles is 1. The minimum atomic E-state index is -0.911. The van der Waals surface area contributed by atoms with Crippen molar-refractivity contribution in [3.05, 3.63) is 53.6 Å². The summed E-state index contributed by atoms with van der Waals surface area (Å²) >= 11 is 0. The number of amides is 1. The predicted octanol–water partition coefficient (Wildman–Crippen LogP) is 1.76. The minimum absolute atomic E-state index is 0.173. The first kappa shape index (κ1) is 15.9. The normalized spacial score (nSPS) is 9.70.